The van der Waals surface area contributed by atoms with Gasteiger partial charge in [-0.2, -0.15) is 25.3 Å². The van der Waals surface area contributed by atoms with Crippen LogP contribution >= 0.6 is 36.6 Å². The predicted molar refractivity (Wildman–Crippen MR) is 101 cm³/mol. The topological polar surface area (TPSA) is 0 Å². The molecule has 3 rings (SSSR count). The van der Waals surface area contributed by atoms with Gasteiger partial charge in [-0.1, -0.05) is 48.5 Å². The van der Waals surface area contributed by atoms with E-state index < -0.39 is 0 Å². The zero-order chi connectivity index (χ0) is 14.7. The maximum Gasteiger partial charge on any atom is 0.0342 e. The Morgan fingerprint density at radius 3 is 1.86 bits per heavy atom. The number of hydrogen-bond acceptors (Lipinski definition) is 3. The van der Waals surface area contributed by atoms with Gasteiger partial charge < -0.3 is 0 Å². The van der Waals surface area contributed by atoms with Gasteiger partial charge in [-0.3, -0.25) is 0 Å². The average molecular weight is 329 g/mol. The Morgan fingerprint density at radius 1 is 0.714 bits per heavy atom. The molecule has 0 aliphatic carbocycles. The molecule has 0 spiro atoms. The second-order valence-electron chi connectivity index (χ2n) is 4.91. The van der Waals surface area contributed by atoms with E-state index in [-0.39, 0.29) is 0 Å². The fourth-order valence-corrected chi connectivity index (χ4v) is 3.48. The third kappa shape index (κ3) is 3.37. The Kier molecular flexibility index (Phi) is 4.73. The number of thiol groups is 2. The van der Waals surface area contributed by atoms with E-state index in [1.807, 2.05) is 0 Å². The van der Waals surface area contributed by atoms with Crippen molar-refractivity contribution in [3.05, 3.63) is 71.1 Å². The Hall–Kier alpha value is -1.16. The number of rotatable bonds is 4. The molecular formula is C18H16S3. The Labute approximate surface area is 140 Å². The zero-order valence-corrected chi connectivity index (χ0v) is 14.1. The van der Waals surface area contributed by atoms with E-state index in [0.717, 1.165) is 11.5 Å². The quantitative estimate of drug-likeness (QED) is 0.544. The standard InChI is InChI=1S/C18H16S3/c19-11-13-8-14(12-20)10-17(9-13)15-3-5-16(6-4-15)18-2-1-7-21-18/h1-10,19-20H,11-12H2. The van der Waals surface area contributed by atoms with Crippen LogP contribution in [0.25, 0.3) is 21.6 Å². The van der Waals surface area contributed by atoms with E-state index in [1.54, 1.807) is 11.3 Å². The molecule has 0 radical (unpaired) electrons. The fourth-order valence-electron chi connectivity index (χ4n) is 2.38. The van der Waals surface area contributed by atoms with E-state index in [2.05, 4.69) is 85.2 Å². The lowest BCUT2D eigenvalue weighted by Crippen LogP contribution is -1.87. The molecule has 0 saturated carbocycles. The highest BCUT2D eigenvalue weighted by molar-refractivity contribution is 7.79. The molecule has 3 heteroatoms. The minimum atomic E-state index is 0.752. The molecule has 0 amide bonds. The lowest BCUT2D eigenvalue weighted by atomic mass is 9.99. The highest BCUT2D eigenvalue weighted by Crippen LogP contribution is 2.29. The third-order valence-corrected chi connectivity index (χ3v) is 5.09. The second kappa shape index (κ2) is 6.73. The molecule has 0 fully saturated rings. The van der Waals surface area contributed by atoms with Gasteiger partial charge >= 0.3 is 0 Å². The number of thiophene rings is 1. The summed E-state index contributed by atoms with van der Waals surface area (Å²) in [4.78, 5) is 1.31. The van der Waals surface area contributed by atoms with Crippen LogP contribution in [0.2, 0.25) is 0 Å². The maximum atomic E-state index is 4.39. The summed E-state index contributed by atoms with van der Waals surface area (Å²) in [6.07, 6.45) is 0. The Balaban J connectivity index is 1.97. The van der Waals surface area contributed by atoms with Gasteiger partial charge in [0.2, 0.25) is 0 Å². The fraction of sp³-hybridized carbons (Fsp3) is 0.111. The molecule has 0 unspecified atom stereocenters. The van der Waals surface area contributed by atoms with Crippen molar-refractivity contribution in [2.75, 3.05) is 0 Å². The second-order valence-corrected chi connectivity index (χ2v) is 6.49. The third-order valence-electron chi connectivity index (χ3n) is 3.44. The lowest BCUT2D eigenvalue weighted by molar-refractivity contribution is 1.34. The molecule has 1 heterocycles. The first-order valence-electron chi connectivity index (χ1n) is 6.79. The summed E-state index contributed by atoms with van der Waals surface area (Å²) in [7, 11) is 0. The van der Waals surface area contributed by atoms with Crippen molar-refractivity contribution in [3.63, 3.8) is 0 Å². The molecule has 0 N–H and O–H groups in total. The van der Waals surface area contributed by atoms with Crippen molar-refractivity contribution >= 4 is 36.6 Å². The summed E-state index contributed by atoms with van der Waals surface area (Å²) in [5, 5.41) is 2.11. The van der Waals surface area contributed by atoms with Gasteiger partial charge in [0, 0.05) is 16.4 Å². The molecule has 0 saturated heterocycles. The summed E-state index contributed by atoms with van der Waals surface area (Å²) < 4.78 is 0. The first-order valence-corrected chi connectivity index (χ1v) is 8.93. The van der Waals surface area contributed by atoms with Crippen molar-refractivity contribution in [2.45, 2.75) is 11.5 Å². The van der Waals surface area contributed by atoms with E-state index in [1.165, 1.54) is 32.7 Å². The molecule has 0 aliphatic rings. The van der Waals surface area contributed by atoms with Crippen LogP contribution < -0.4 is 0 Å². The van der Waals surface area contributed by atoms with Crippen molar-refractivity contribution in [1.29, 1.82) is 0 Å². The van der Waals surface area contributed by atoms with Crippen molar-refractivity contribution in [2.24, 2.45) is 0 Å². The van der Waals surface area contributed by atoms with Crippen molar-refractivity contribution in [1.82, 2.24) is 0 Å². The predicted octanol–water partition coefficient (Wildman–Crippen LogP) is 5.94. The van der Waals surface area contributed by atoms with Crippen LogP contribution in [0.1, 0.15) is 11.1 Å². The van der Waals surface area contributed by atoms with Crippen LogP contribution in [-0.4, -0.2) is 0 Å². The SMILES string of the molecule is SCc1cc(CS)cc(-c2ccc(-c3cccs3)cc2)c1. The molecular weight excluding hydrogens is 312 g/mol. The van der Waals surface area contributed by atoms with Crippen LogP contribution in [0.4, 0.5) is 0 Å². The molecule has 3 aromatic rings. The van der Waals surface area contributed by atoms with E-state index in [0.29, 0.717) is 0 Å². The van der Waals surface area contributed by atoms with Crippen LogP contribution in [0.5, 0.6) is 0 Å². The van der Waals surface area contributed by atoms with Crippen LogP contribution in [0, 0.1) is 0 Å². The summed E-state index contributed by atoms with van der Waals surface area (Å²) in [6, 6.07) is 19.6. The van der Waals surface area contributed by atoms with Crippen molar-refractivity contribution in [3.8, 4) is 21.6 Å². The van der Waals surface area contributed by atoms with Gasteiger partial charge in [0.25, 0.3) is 0 Å². The smallest absolute Gasteiger partial charge is 0.0342 e. The van der Waals surface area contributed by atoms with Crippen LogP contribution in [-0.2, 0) is 11.5 Å². The molecule has 0 bridgehead atoms. The largest absolute Gasteiger partial charge is 0.175 e. The molecule has 0 atom stereocenters. The first-order chi connectivity index (χ1) is 10.3. The summed E-state index contributed by atoms with van der Waals surface area (Å²) in [5.41, 5.74) is 6.23. The average Bonchev–Trinajstić information content (AvgIpc) is 3.09. The molecule has 1 aromatic heterocycles. The monoisotopic (exact) mass is 328 g/mol. The van der Waals surface area contributed by atoms with Gasteiger partial charge in [-0.05, 0) is 39.3 Å². The maximum absolute atomic E-state index is 4.39. The van der Waals surface area contributed by atoms with Crippen LogP contribution in [0.15, 0.2) is 60.0 Å². The summed E-state index contributed by atoms with van der Waals surface area (Å²) >= 11 is 10.5. The Morgan fingerprint density at radius 2 is 1.33 bits per heavy atom. The first kappa shape index (κ1) is 14.8. The van der Waals surface area contributed by atoms with E-state index in [4.69, 9.17) is 0 Å². The lowest BCUT2D eigenvalue weighted by Gasteiger charge is -2.08. The van der Waals surface area contributed by atoms with Gasteiger partial charge in [0.1, 0.15) is 0 Å². The van der Waals surface area contributed by atoms with Crippen molar-refractivity contribution < 1.29 is 0 Å². The Bertz CT molecular complexity index is 690. The highest BCUT2D eigenvalue weighted by atomic mass is 32.1. The summed E-state index contributed by atoms with van der Waals surface area (Å²) in [5.74, 6) is 1.50. The minimum Gasteiger partial charge on any atom is -0.175 e. The van der Waals surface area contributed by atoms with Crippen LogP contribution in [0.3, 0.4) is 0 Å². The summed E-state index contributed by atoms with van der Waals surface area (Å²) in [6.45, 7) is 0. The molecule has 21 heavy (non-hydrogen) atoms. The normalized spacial score (nSPS) is 10.8. The van der Waals surface area contributed by atoms with Gasteiger partial charge in [0.05, 0.1) is 0 Å². The molecule has 2 aromatic carbocycles. The molecule has 0 aliphatic heterocycles. The van der Waals surface area contributed by atoms with Gasteiger partial charge in [0.15, 0.2) is 0 Å². The van der Waals surface area contributed by atoms with E-state index >= 15 is 0 Å². The zero-order valence-electron chi connectivity index (χ0n) is 11.5. The van der Waals surface area contributed by atoms with Gasteiger partial charge in [-0.15, -0.1) is 11.3 Å². The minimum absolute atomic E-state index is 0.752. The highest BCUT2D eigenvalue weighted by Gasteiger charge is 2.04. The van der Waals surface area contributed by atoms with Gasteiger partial charge in [-0.25, -0.2) is 0 Å². The van der Waals surface area contributed by atoms with E-state index in [9.17, 15) is 0 Å². The molecule has 106 valence electrons. The molecule has 0 nitrogen and oxygen atoms in total. The number of hydrogen-bond donors (Lipinski definition) is 2. The number of benzene rings is 2.